The maximum absolute atomic E-state index is 11.8. The van der Waals surface area contributed by atoms with E-state index in [-0.39, 0.29) is 36.6 Å². The number of hydrogen-bond acceptors (Lipinski definition) is 4. The largest absolute Gasteiger partial charge is 0.491 e. The summed E-state index contributed by atoms with van der Waals surface area (Å²) in [5.74, 6) is -0.824. The fourth-order valence-electron chi connectivity index (χ4n) is 1.34. The Morgan fingerprint density at radius 2 is 2.00 bits per heavy atom. The van der Waals surface area contributed by atoms with Crippen molar-refractivity contribution in [2.45, 2.75) is 12.6 Å². The smallest absolute Gasteiger partial charge is 0.411 e. The normalized spacial score (nSPS) is 11.3. The maximum atomic E-state index is 11.8. The zero-order valence-electron chi connectivity index (χ0n) is 10.4. The van der Waals surface area contributed by atoms with Gasteiger partial charge in [-0.2, -0.15) is 13.2 Å². The first-order valence-corrected chi connectivity index (χ1v) is 5.70. The molecule has 0 amide bonds. The molecule has 0 aromatic heterocycles. The molecule has 3 N–H and O–H groups in total. The fourth-order valence-corrected chi connectivity index (χ4v) is 1.34. The summed E-state index contributed by atoms with van der Waals surface area (Å²) in [5.41, 5.74) is 5.77. The van der Waals surface area contributed by atoms with Gasteiger partial charge in [0.1, 0.15) is 12.4 Å². The molecule has 1 aromatic rings. The minimum atomic E-state index is -4.34. The van der Waals surface area contributed by atoms with Crippen molar-refractivity contribution in [3.8, 4) is 5.75 Å². The molecule has 0 aliphatic carbocycles. The molecule has 5 nitrogen and oxygen atoms in total. The topological polar surface area (TPSA) is 81.8 Å². The van der Waals surface area contributed by atoms with Crippen LogP contribution in [0, 0.1) is 0 Å². The first-order valence-electron chi connectivity index (χ1n) is 5.70. The molecule has 0 aliphatic rings. The number of nitrogen functional groups attached to an aromatic ring is 1. The molecule has 0 radical (unpaired) electrons. The van der Waals surface area contributed by atoms with Crippen molar-refractivity contribution in [2.24, 2.45) is 0 Å². The molecule has 0 bridgehead atoms. The van der Waals surface area contributed by atoms with Crippen LogP contribution in [0.4, 0.5) is 18.9 Å². The Bertz CT molecular complexity index is 463. The Morgan fingerprint density at radius 3 is 2.55 bits per heavy atom. The van der Waals surface area contributed by atoms with Gasteiger partial charge in [-0.25, -0.2) is 4.79 Å². The van der Waals surface area contributed by atoms with Crippen LogP contribution in [0.1, 0.15) is 16.8 Å². The average molecular weight is 293 g/mol. The number of benzene rings is 1. The summed E-state index contributed by atoms with van der Waals surface area (Å²) < 4.78 is 44.9. The highest BCUT2D eigenvalue weighted by molar-refractivity contribution is 5.89. The standard InChI is InChI=1S/C12H14F3NO4/c13-12(14,15)7-19-4-1-5-20-10-3-2-8(11(17)18)6-9(10)16/h2-3,6H,1,4-5,7,16H2,(H,17,18). The summed E-state index contributed by atoms with van der Waals surface area (Å²) in [6.07, 6.45) is -4.08. The van der Waals surface area contributed by atoms with Crippen molar-refractivity contribution in [3.05, 3.63) is 23.8 Å². The number of halogens is 3. The first kappa shape index (κ1) is 16.1. The third-order valence-electron chi connectivity index (χ3n) is 2.21. The molecule has 8 heteroatoms. The van der Waals surface area contributed by atoms with Crippen LogP contribution in [0.15, 0.2) is 18.2 Å². The predicted octanol–water partition coefficient (Wildman–Crippen LogP) is 2.31. The highest BCUT2D eigenvalue weighted by atomic mass is 19.4. The Kier molecular flexibility index (Phi) is 5.63. The van der Waals surface area contributed by atoms with Crippen LogP contribution in [0.3, 0.4) is 0 Å². The summed E-state index contributed by atoms with van der Waals surface area (Å²) in [4.78, 5) is 10.7. The van der Waals surface area contributed by atoms with Crippen LogP contribution in [0.5, 0.6) is 5.75 Å². The van der Waals surface area contributed by atoms with Crippen molar-refractivity contribution in [1.82, 2.24) is 0 Å². The van der Waals surface area contributed by atoms with Crippen LogP contribution in [-0.2, 0) is 4.74 Å². The maximum Gasteiger partial charge on any atom is 0.411 e. The van der Waals surface area contributed by atoms with Gasteiger partial charge in [0.05, 0.1) is 24.5 Å². The summed E-state index contributed by atoms with van der Waals surface area (Å²) in [5, 5.41) is 8.73. The molecule has 1 rings (SSSR count). The molecule has 112 valence electrons. The average Bonchev–Trinajstić information content (AvgIpc) is 2.33. The number of aromatic carboxylic acids is 1. The molecule has 0 aliphatic heterocycles. The predicted molar refractivity (Wildman–Crippen MR) is 64.8 cm³/mol. The van der Waals surface area contributed by atoms with Crippen molar-refractivity contribution in [1.29, 1.82) is 0 Å². The van der Waals surface area contributed by atoms with E-state index in [0.717, 1.165) is 0 Å². The lowest BCUT2D eigenvalue weighted by molar-refractivity contribution is -0.174. The summed E-state index contributed by atoms with van der Waals surface area (Å²) in [7, 11) is 0. The number of hydrogen-bond donors (Lipinski definition) is 2. The minimum Gasteiger partial charge on any atom is -0.491 e. The molecule has 0 saturated carbocycles. The zero-order valence-corrected chi connectivity index (χ0v) is 10.4. The van der Waals surface area contributed by atoms with Gasteiger partial charge in [-0.1, -0.05) is 0 Å². The van der Waals surface area contributed by atoms with Crippen LogP contribution >= 0.6 is 0 Å². The van der Waals surface area contributed by atoms with Gasteiger partial charge in [-0.05, 0) is 18.2 Å². The van der Waals surface area contributed by atoms with E-state index in [2.05, 4.69) is 4.74 Å². The van der Waals surface area contributed by atoms with Gasteiger partial charge in [0.25, 0.3) is 0 Å². The van der Waals surface area contributed by atoms with E-state index in [4.69, 9.17) is 15.6 Å². The van der Waals surface area contributed by atoms with Crippen LogP contribution in [0.25, 0.3) is 0 Å². The van der Waals surface area contributed by atoms with Crippen molar-refractivity contribution < 1.29 is 32.5 Å². The summed E-state index contributed by atoms with van der Waals surface area (Å²) in [6.45, 7) is -1.26. The third-order valence-corrected chi connectivity index (χ3v) is 2.21. The molecule has 0 atom stereocenters. The molecule has 0 unspecified atom stereocenters. The van der Waals surface area contributed by atoms with Crippen molar-refractivity contribution in [3.63, 3.8) is 0 Å². The highest BCUT2D eigenvalue weighted by Gasteiger charge is 2.27. The lowest BCUT2D eigenvalue weighted by atomic mass is 10.2. The highest BCUT2D eigenvalue weighted by Crippen LogP contribution is 2.22. The van der Waals surface area contributed by atoms with Crippen LogP contribution in [0.2, 0.25) is 0 Å². The number of anilines is 1. The number of carbonyl (C=O) groups is 1. The van der Waals surface area contributed by atoms with Crippen molar-refractivity contribution >= 4 is 11.7 Å². The second-order valence-electron chi connectivity index (χ2n) is 3.93. The molecule has 0 fully saturated rings. The molecular weight excluding hydrogens is 279 g/mol. The van der Waals surface area contributed by atoms with Gasteiger partial charge in [-0.3, -0.25) is 0 Å². The SMILES string of the molecule is Nc1cc(C(=O)O)ccc1OCCCOCC(F)(F)F. The molecule has 0 heterocycles. The number of ether oxygens (including phenoxy) is 2. The van der Waals surface area contributed by atoms with E-state index >= 15 is 0 Å². The van der Waals surface area contributed by atoms with Gasteiger partial charge < -0.3 is 20.3 Å². The van der Waals surface area contributed by atoms with Crippen LogP contribution in [-0.4, -0.2) is 37.1 Å². The zero-order chi connectivity index (χ0) is 15.2. The van der Waals surface area contributed by atoms with E-state index < -0.39 is 18.8 Å². The van der Waals surface area contributed by atoms with E-state index in [1.54, 1.807) is 0 Å². The molecular formula is C12H14F3NO4. The number of carboxylic acid groups (broad SMARTS) is 1. The summed E-state index contributed by atoms with van der Waals surface area (Å²) in [6, 6.07) is 3.97. The quantitative estimate of drug-likeness (QED) is 0.595. The fraction of sp³-hybridized carbons (Fsp3) is 0.417. The first-order chi connectivity index (χ1) is 9.29. The molecule has 1 aromatic carbocycles. The molecule has 0 saturated heterocycles. The lowest BCUT2D eigenvalue weighted by Crippen LogP contribution is -2.18. The van der Waals surface area contributed by atoms with E-state index in [0.29, 0.717) is 0 Å². The summed E-state index contributed by atoms with van der Waals surface area (Å²) >= 11 is 0. The van der Waals surface area contributed by atoms with E-state index in [9.17, 15) is 18.0 Å². The van der Waals surface area contributed by atoms with Gasteiger partial charge in [0.15, 0.2) is 0 Å². The number of carboxylic acids is 1. The number of rotatable bonds is 7. The second-order valence-corrected chi connectivity index (χ2v) is 3.93. The van der Waals surface area contributed by atoms with Gasteiger partial charge in [0.2, 0.25) is 0 Å². The van der Waals surface area contributed by atoms with Gasteiger partial charge in [0, 0.05) is 6.42 Å². The Hall–Kier alpha value is -1.96. The molecule has 20 heavy (non-hydrogen) atoms. The Labute approximate surface area is 113 Å². The Balaban J connectivity index is 2.31. The van der Waals surface area contributed by atoms with E-state index in [1.807, 2.05) is 0 Å². The van der Waals surface area contributed by atoms with Gasteiger partial charge >= 0.3 is 12.1 Å². The third kappa shape index (κ3) is 5.79. The van der Waals surface area contributed by atoms with Crippen LogP contribution < -0.4 is 10.5 Å². The number of alkyl halides is 3. The monoisotopic (exact) mass is 293 g/mol. The Morgan fingerprint density at radius 1 is 1.30 bits per heavy atom. The number of nitrogens with two attached hydrogens (primary N) is 1. The van der Waals surface area contributed by atoms with Gasteiger partial charge in [-0.15, -0.1) is 0 Å². The second kappa shape index (κ2) is 6.99. The van der Waals surface area contributed by atoms with Crippen molar-refractivity contribution in [2.75, 3.05) is 25.6 Å². The lowest BCUT2D eigenvalue weighted by Gasteiger charge is -2.10. The molecule has 0 spiro atoms. The van der Waals surface area contributed by atoms with E-state index in [1.165, 1.54) is 18.2 Å². The minimum absolute atomic E-state index is 0.0309.